The molecule has 1 N–H and O–H groups in total. The Bertz CT molecular complexity index is 580. The molecule has 0 saturated heterocycles. The molecule has 1 atom stereocenters. The first kappa shape index (κ1) is 15.5. The van der Waals surface area contributed by atoms with Crippen molar-refractivity contribution in [3.8, 4) is 0 Å². The van der Waals surface area contributed by atoms with Crippen LogP contribution in [0.5, 0.6) is 0 Å². The topological polar surface area (TPSA) is 29.9 Å². The third-order valence-corrected chi connectivity index (χ3v) is 4.25. The van der Waals surface area contributed by atoms with Crippen LogP contribution < -0.4 is 5.32 Å². The summed E-state index contributed by atoms with van der Waals surface area (Å²) in [4.78, 5) is 0. The molecule has 108 valence electrons. The fraction of sp³-hybridized carbons (Fsp3) is 0.357. The molecule has 1 aromatic carbocycles. The minimum atomic E-state index is -0.281. The van der Waals surface area contributed by atoms with Crippen molar-refractivity contribution < 1.29 is 4.39 Å². The molecule has 1 aromatic heterocycles. The number of benzene rings is 1. The van der Waals surface area contributed by atoms with E-state index in [1.54, 1.807) is 18.3 Å². The van der Waals surface area contributed by atoms with Crippen molar-refractivity contribution in [2.75, 3.05) is 7.05 Å². The summed E-state index contributed by atoms with van der Waals surface area (Å²) >= 11 is 9.60. The molecule has 20 heavy (non-hydrogen) atoms. The normalized spacial score (nSPS) is 12.7. The summed E-state index contributed by atoms with van der Waals surface area (Å²) in [6.07, 6.45) is 2.22. The largest absolute Gasteiger partial charge is 0.311 e. The first-order chi connectivity index (χ1) is 9.58. The summed E-state index contributed by atoms with van der Waals surface area (Å²) in [5.74, 6) is -0.281. The predicted octanol–water partition coefficient (Wildman–Crippen LogP) is 3.96. The number of halogens is 3. The third kappa shape index (κ3) is 3.05. The molecule has 0 aliphatic heterocycles. The van der Waals surface area contributed by atoms with Crippen LogP contribution in [0, 0.1) is 5.82 Å². The van der Waals surface area contributed by atoms with Crippen LogP contribution in [0.15, 0.2) is 28.9 Å². The summed E-state index contributed by atoms with van der Waals surface area (Å²) in [6.45, 7) is 2.77. The van der Waals surface area contributed by atoms with Crippen molar-refractivity contribution in [3.05, 3.63) is 51.0 Å². The quantitative estimate of drug-likeness (QED) is 0.874. The second-order valence-electron chi connectivity index (χ2n) is 4.44. The van der Waals surface area contributed by atoms with E-state index in [1.165, 1.54) is 6.07 Å². The van der Waals surface area contributed by atoms with E-state index in [-0.39, 0.29) is 11.9 Å². The SMILES string of the molecule is CCn1ncc(Br)c1C(Cc1c(F)cccc1Cl)NC. The van der Waals surface area contributed by atoms with Crippen molar-refractivity contribution in [2.24, 2.45) is 0 Å². The Labute approximate surface area is 131 Å². The molecular formula is C14H16BrClFN3. The van der Waals surface area contributed by atoms with Crippen molar-refractivity contribution in [1.82, 2.24) is 15.1 Å². The van der Waals surface area contributed by atoms with E-state index in [2.05, 4.69) is 26.3 Å². The molecule has 0 spiro atoms. The van der Waals surface area contributed by atoms with Gasteiger partial charge in [-0.2, -0.15) is 5.10 Å². The standard InChI is InChI=1S/C14H16BrClFN3/c1-3-20-14(10(15)8-19-20)13(18-2)7-9-11(16)5-4-6-12(9)17/h4-6,8,13,18H,3,7H2,1-2H3. The monoisotopic (exact) mass is 359 g/mol. The maximum atomic E-state index is 13.9. The molecule has 2 rings (SSSR count). The van der Waals surface area contributed by atoms with E-state index < -0.39 is 0 Å². The summed E-state index contributed by atoms with van der Waals surface area (Å²) in [7, 11) is 1.85. The van der Waals surface area contributed by atoms with Crippen LogP contribution in [0.1, 0.15) is 24.2 Å². The highest BCUT2D eigenvalue weighted by molar-refractivity contribution is 9.10. The van der Waals surface area contributed by atoms with Gasteiger partial charge in [0.15, 0.2) is 0 Å². The Kier molecular flexibility index (Phi) is 5.18. The maximum absolute atomic E-state index is 13.9. The summed E-state index contributed by atoms with van der Waals surface area (Å²) in [5.41, 5.74) is 1.51. The molecule has 2 aromatic rings. The number of hydrogen-bond donors (Lipinski definition) is 1. The van der Waals surface area contributed by atoms with Gasteiger partial charge in [0.25, 0.3) is 0 Å². The highest BCUT2D eigenvalue weighted by Crippen LogP contribution is 2.29. The summed E-state index contributed by atoms with van der Waals surface area (Å²) < 4.78 is 16.7. The summed E-state index contributed by atoms with van der Waals surface area (Å²) in [6, 6.07) is 4.68. The van der Waals surface area contributed by atoms with E-state index in [4.69, 9.17) is 11.6 Å². The molecule has 0 aliphatic rings. The van der Waals surface area contributed by atoms with Gasteiger partial charge in [-0.05, 0) is 48.5 Å². The zero-order chi connectivity index (χ0) is 14.7. The van der Waals surface area contributed by atoms with E-state index in [1.807, 2.05) is 18.7 Å². The fourth-order valence-electron chi connectivity index (χ4n) is 2.24. The molecule has 1 unspecified atom stereocenters. The molecule has 0 fully saturated rings. The van der Waals surface area contributed by atoms with E-state index >= 15 is 0 Å². The number of rotatable bonds is 5. The first-order valence-electron chi connectivity index (χ1n) is 6.39. The lowest BCUT2D eigenvalue weighted by Crippen LogP contribution is -2.23. The number of aromatic nitrogens is 2. The van der Waals surface area contributed by atoms with Crippen LogP contribution in [0.4, 0.5) is 4.39 Å². The molecule has 0 amide bonds. The van der Waals surface area contributed by atoms with Crippen LogP contribution in [-0.2, 0) is 13.0 Å². The lowest BCUT2D eigenvalue weighted by atomic mass is 10.0. The van der Waals surface area contributed by atoms with Gasteiger partial charge in [0.1, 0.15) is 5.82 Å². The Hall–Kier alpha value is -0.910. The van der Waals surface area contributed by atoms with Crippen LogP contribution in [0.25, 0.3) is 0 Å². The van der Waals surface area contributed by atoms with Crippen molar-refractivity contribution in [3.63, 3.8) is 0 Å². The number of aryl methyl sites for hydroxylation is 1. The maximum Gasteiger partial charge on any atom is 0.127 e. The molecule has 3 nitrogen and oxygen atoms in total. The van der Waals surface area contributed by atoms with Crippen molar-refractivity contribution in [2.45, 2.75) is 25.9 Å². The average molecular weight is 361 g/mol. The Balaban J connectivity index is 2.36. The van der Waals surface area contributed by atoms with Gasteiger partial charge in [-0.25, -0.2) is 4.39 Å². The molecule has 6 heteroatoms. The average Bonchev–Trinajstić information content (AvgIpc) is 2.80. The zero-order valence-electron chi connectivity index (χ0n) is 11.3. The third-order valence-electron chi connectivity index (χ3n) is 3.28. The first-order valence-corrected chi connectivity index (χ1v) is 7.56. The van der Waals surface area contributed by atoms with Gasteiger partial charge in [0, 0.05) is 17.1 Å². The summed E-state index contributed by atoms with van der Waals surface area (Å²) in [5, 5.41) is 7.95. The Morgan fingerprint density at radius 3 is 2.85 bits per heavy atom. The fourth-order valence-corrected chi connectivity index (χ4v) is 3.05. The van der Waals surface area contributed by atoms with Gasteiger partial charge < -0.3 is 5.32 Å². The highest BCUT2D eigenvalue weighted by Gasteiger charge is 2.21. The van der Waals surface area contributed by atoms with Crippen molar-refractivity contribution in [1.29, 1.82) is 0 Å². The molecule has 0 aliphatic carbocycles. The lowest BCUT2D eigenvalue weighted by molar-refractivity contribution is 0.500. The van der Waals surface area contributed by atoms with Gasteiger partial charge in [0.2, 0.25) is 0 Å². The van der Waals surface area contributed by atoms with Gasteiger partial charge in [0.05, 0.1) is 22.4 Å². The van der Waals surface area contributed by atoms with Gasteiger partial charge in [-0.15, -0.1) is 0 Å². The molecule has 0 saturated carbocycles. The minimum Gasteiger partial charge on any atom is -0.311 e. The van der Waals surface area contributed by atoms with E-state index in [0.29, 0.717) is 17.0 Å². The lowest BCUT2D eigenvalue weighted by Gasteiger charge is -2.19. The van der Waals surface area contributed by atoms with Crippen LogP contribution in [0.2, 0.25) is 5.02 Å². The minimum absolute atomic E-state index is 0.0683. The van der Waals surface area contributed by atoms with Gasteiger partial charge >= 0.3 is 0 Å². The number of nitrogens with zero attached hydrogens (tertiary/aromatic N) is 2. The second kappa shape index (κ2) is 6.70. The number of likely N-dealkylation sites (N-methyl/N-ethyl adjacent to an activating group) is 1. The Morgan fingerprint density at radius 1 is 1.50 bits per heavy atom. The number of hydrogen-bond acceptors (Lipinski definition) is 2. The van der Waals surface area contributed by atoms with Gasteiger partial charge in [-0.1, -0.05) is 17.7 Å². The highest BCUT2D eigenvalue weighted by atomic mass is 79.9. The molecular weight excluding hydrogens is 345 g/mol. The molecule has 0 radical (unpaired) electrons. The van der Waals surface area contributed by atoms with Crippen LogP contribution in [0.3, 0.4) is 0 Å². The predicted molar refractivity (Wildman–Crippen MR) is 82.5 cm³/mol. The molecule has 1 heterocycles. The van der Waals surface area contributed by atoms with Gasteiger partial charge in [-0.3, -0.25) is 4.68 Å². The zero-order valence-corrected chi connectivity index (χ0v) is 13.7. The number of nitrogens with one attached hydrogen (secondary N) is 1. The molecule has 0 bridgehead atoms. The van der Waals surface area contributed by atoms with E-state index in [0.717, 1.165) is 16.7 Å². The van der Waals surface area contributed by atoms with E-state index in [9.17, 15) is 4.39 Å². The van der Waals surface area contributed by atoms with Crippen molar-refractivity contribution >= 4 is 27.5 Å². The van der Waals surface area contributed by atoms with Crippen LogP contribution in [-0.4, -0.2) is 16.8 Å². The van der Waals surface area contributed by atoms with Crippen LogP contribution >= 0.6 is 27.5 Å². The smallest absolute Gasteiger partial charge is 0.127 e. The Morgan fingerprint density at radius 2 is 2.25 bits per heavy atom. The second-order valence-corrected chi connectivity index (χ2v) is 5.70.